The Kier molecular flexibility index (Phi) is 6.00. The Morgan fingerprint density at radius 3 is 1.24 bits per heavy atom. The zero-order valence-corrected chi connectivity index (χ0v) is 22.4. The van der Waals surface area contributed by atoms with Crippen LogP contribution in [0.3, 0.4) is 0 Å². The predicted octanol–water partition coefficient (Wildman–Crippen LogP) is 9.98. The van der Waals surface area contributed by atoms with Crippen LogP contribution in [0.5, 0.6) is 0 Å². The normalized spacial score (nSPS) is 20.0. The molecule has 0 heterocycles. The molecule has 4 aromatic carbocycles. The van der Waals surface area contributed by atoms with Crippen molar-refractivity contribution in [2.24, 2.45) is 5.41 Å². The van der Waals surface area contributed by atoms with E-state index < -0.39 is 0 Å². The fraction of sp³-hybridized carbons (Fsp3) is 0.243. The molecule has 0 nitrogen and oxygen atoms in total. The Hall–Kier alpha value is -3.64. The van der Waals surface area contributed by atoms with Crippen LogP contribution in [-0.2, 0) is 0 Å². The van der Waals surface area contributed by atoms with Crippen molar-refractivity contribution >= 4 is 11.1 Å². The molecule has 0 aromatic heterocycles. The van der Waals surface area contributed by atoms with Crippen molar-refractivity contribution in [1.82, 2.24) is 0 Å². The third-order valence-corrected chi connectivity index (χ3v) is 9.04. The molecule has 4 aromatic rings. The van der Waals surface area contributed by atoms with Crippen molar-refractivity contribution in [2.75, 3.05) is 0 Å². The molecule has 37 heavy (non-hydrogen) atoms. The minimum Gasteiger partial charge on any atom is -0.0720 e. The van der Waals surface area contributed by atoms with Crippen LogP contribution in [0.2, 0.25) is 0 Å². The third-order valence-electron chi connectivity index (χ3n) is 9.04. The molecule has 0 saturated carbocycles. The van der Waals surface area contributed by atoms with E-state index in [0.717, 1.165) is 0 Å². The summed E-state index contributed by atoms with van der Waals surface area (Å²) in [5, 5.41) is 0. The first-order valence-corrected chi connectivity index (χ1v) is 13.7. The highest BCUT2D eigenvalue weighted by Crippen LogP contribution is 2.58. The van der Waals surface area contributed by atoms with Gasteiger partial charge in [0.15, 0.2) is 0 Å². The van der Waals surface area contributed by atoms with Crippen LogP contribution < -0.4 is 0 Å². The molecule has 6 rings (SSSR count). The molecule has 4 atom stereocenters. The molecule has 2 aliphatic rings. The highest BCUT2D eigenvalue weighted by molar-refractivity contribution is 5.81. The predicted molar refractivity (Wildman–Crippen MR) is 158 cm³/mol. The summed E-state index contributed by atoms with van der Waals surface area (Å²) in [6.07, 6.45) is 5.19. The Labute approximate surface area is 222 Å². The summed E-state index contributed by atoms with van der Waals surface area (Å²) >= 11 is 0. The van der Waals surface area contributed by atoms with Crippen molar-refractivity contribution in [3.63, 3.8) is 0 Å². The number of allylic oxidation sites excluding steroid dienone is 4. The van der Waals surface area contributed by atoms with E-state index >= 15 is 0 Å². The van der Waals surface area contributed by atoms with Gasteiger partial charge in [-0.2, -0.15) is 0 Å². The molecule has 0 spiro atoms. The van der Waals surface area contributed by atoms with Crippen LogP contribution in [0.15, 0.2) is 121 Å². The third kappa shape index (κ3) is 4.00. The molecule has 0 fully saturated rings. The average Bonchev–Trinajstić information content (AvgIpc) is 3.54. The standard InChI is InChI=1S/C37H36/c1-25(27-15-7-5-8-16-27)33-23-35(31-21-13-11-19-29(31)33)37(3,4)36-24-34(30-20-12-14-22-32(30)36)26(2)28-17-9-6-10-18-28/h5-26,35-36H,1-4H3. The second kappa shape index (κ2) is 9.34. The molecule has 0 heteroatoms. The van der Waals surface area contributed by atoms with Gasteiger partial charge in [0, 0.05) is 23.7 Å². The fourth-order valence-electron chi connectivity index (χ4n) is 6.80. The summed E-state index contributed by atoms with van der Waals surface area (Å²) in [4.78, 5) is 0. The molecule has 0 saturated heterocycles. The van der Waals surface area contributed by atoms with Crippen LogP contribution in [0.4, 0.5) is 0 Å². The second-order valence-corrected chi connectivity index (χ2v) is 11.5. The average molecular weight is 481 g/mol. The zero-order valence-electron chi connectivity index (χ0n) is 22.4. The summed E-state index contributed by atoms with van der Waals surface area (Å²) < 4.78 is 0. The lowest BCUT2D eigenvalue weighted by molar-refractivity contribution is 0.291. The number of benzene rings is 4. The van der Waals surface area contributed by atoms with Crippen molar-refractivity contribution in [3.05, 3.63) is 155 Å². The van der Waals surface area contributed by atoms with Crippen LogP contribution >= 0.6 is 0 Å². The lowest BCUT2D eigenvalue weighted by Crippen LogP contribution is -2.26. The van der Waals surface area contributed by atoms with Gasteiger partial charge in [0.1, 0.15) is 0 Å². The summed E-state index contributed by atoms with van der Waals surface area (Å²) in [5.41, 5.74) is 11.5. The van der Waals surface area contributed by atoms with Gasteiger partial charge >= 0.3 is 0 Å². The van der Waals surface area contributed by atoms with Crippen LogP contribution in [0.1, 0.15) is 84.7 Å². The van der Waals surface area contributed by atoms with Gasteiger partial charge in [-0.3, -0.25) is 0 Å². The van der Waals surface area contributed by atoms with Crippen LogP contribution in [0, 0.1) is 5.41 Å². The molecule has 0 bridgehead atoms. The fourth-order valence-corrected chi connectivity index (χ4v) is 6.80. The van der Waals surface area contributed by atoms with Gasteiger partial charge in [0.25, 0.3) is 0 Å². The summed E-state index contributed by atoms with van der Waals surface area (Å²) in [7, 11) is 0. The van der Waals surface area contributed by atoms with E-state index in [0.29, 0.717) is 23.7 Å². The Morgan fingerprint density at radius 2 is 0.838 bits per heavy atom. The maximum Gasteiger partial charge on any atom is 0.00903 e. The van der Waals surface area contributed by atoms with Gasteiger partial charge in [-0.25, -0.2) is 0 Å². The number of fused-ring (bicyclic) bond motifs is 2. The van der Waals surface area contributed by atoms with E-state index in [9.17, 15) is 0 Å². The lowest BCUT2D eigenvalue weighted by atomic mass is 9.66. The Bertz CT molecular complexity index is 1360. The first kappa shape index (κ1) is 23.7. The molecule has 0 N–H and O–H groups in total. The summed E-state index contributed by atoms with van der Waals surface area (Å²) in [5.74, 6) is 1.43. The van der Waals surface area contributed by atoms with Crippen molar-refractivity contribution in [3.8, 4) is 0 Å². The smallest absolute Gasteiger partial charge is 0.00903 e. The first-order chi connectivity index (χ1) is 18.0. The SMILES string of the molecule is CC(C1=CC(C(C)(C)C2C=C(C(C)c3ccccc3)c3ccccc32)c2ccccc21)c1ccccc1. The first-order valence-electron chi connectivity index (χ1n) is 13.7. The highest BCUT2D eigenvalue weighted by Gasteiger charge is 2.44. The van der Waals surface area contributed by atoms with E-state index in [1.54, 1.807) is 0 Å². The largest absolute Gasteiger partial charge is 0.0720 e. The van der Waals surface area contributed by atoms with Crippen molar-refractivity contribution < 1.29 is 0 Å². The van der Waals surface area contributed by atoms with E-state index in [1.807, 2.05) is 0 Å². The van der Waals surface area contributed by atoms with Crippen LogP contribution in [-0.4, -0.2) is 0 Å². The monoisotopic (exact) mass is 480 g/mol. The molecular weight excluding hydrogens is 444 g/mol. The molecule has 4 unspecified atom stereocenters. The van der Waals surface area contributed by atoms with Gasteiger partial charge in [-0.05, 0) is 49.9 Å². The van der Waals surface area contributed by atoms with Crippen molar-refractivity contribution in [2.45, 2.75) is 51.4 Å². The molecule has 0 amide bonds. The topological polar surface area (TPSA) is 0 Å². The minimum atomic E-state index is 0.0164. The van der Waals surface area contributed by atoms with Gasteiger partial charge in [0.2, 0.25) is 0 Å². The van der Waals surface area contributed by atoms with E-state index in [-0.39, 0.29) is 5.41 Å². The number of hydrogen-bond donors (Lipinski definition) is 0. The van der Waals surface area contributed by atoms with Crippen LogP contribution in [0.25, 0.3) is 11.1 Å². The second-order valence-electron chi connectivity index (χ2n) is 11.5. The molecule has 184 valence electrons. The number of hydrogen-bond acceptors (Lipinski definition) is 0. The molecule has 0 radical (unpaired) electrons. The Balaban J connectivity index is 1.43. The van der Waals surface area contributed by atoms with Crippen molar-refractivity contribution in [1.29, 1.82) is 0 Å². The lowest BCUT2D eigenvalue weighted by Gasteiger charge is -2.37. The Morgan fingerprint density at radius 1 is 0.486 bits per heavy atom. The molecule has 0 aliphatic heterocycles. The molecular formula is C37H36. The quantitative estimate of drug-likeness (QED) is 0.257. The molecule has 2 aliphatic carbocycles. The van der Waals surface area contributed by atoms with Gasteiger partial charge in [0.05, 0.1) is 0 Å². The highest BCUT2D eigenvalue weighted by atomic mass is 14.5. The van der Waals surface area contributed by atoms with E-state index in [1.165, 1.54) is 44.5 Å². The maximum atomic E-state index is 2.59. The van der Waals surface area contributed by atoms with Gasteiger partial charge in [-0.1, -0.05) is 149 Å². The zero-order chi connectivity index (χ0) is 25.6. The summed E-state index contributed by atoms with van der Waals surface area (Å²) in [6.45, 7) is 9.68. The maximum absolute atomic E-state index is 2.59. The minimum absolute atomic E-state index is 0.0164. The number of rotatable bonds is 6. The van der Waals surface area contributed by atoms with E-state index in [4.69, 9.17) is 0 Å². The van der Waals surface area contributed by atoms with E-state index in [2.05, 4.69) is 149 Å². The van der Waals surface area contributed by atoms with Gasteiger partial charge in [-0.15, -0.1) is 0 Å². The summed E-state index contributed by atoms with van der Waals surface area (Å²) in [6, 6.07) is 40.1. The van der Waals surface area contributed by atoms with Gasteiger partial charge < -0.3 is 0 Å².